The van der Waals surface area contributed by atoms with Crippen molar-refractivity contribution in [3.63, 3.8) is 0 Å². The van der Waals surface area contributed by atoms with Gasteiger partial charge < -0.3 is 10.1 Å². The van der Waals surface area contributed by atoms with Gasteiger partial charge in [-0.3, -0.25) is 0 Å². The maximum absolute atomic E-state index is 5.47. The van der Waals surface area contributed by atoms with E-state index in [1.807, 2.05) is 19.9 Å². The summed E-state index contributed by atoms with van der Waals surface area (Å²) in [4.78, 5) is 8.73. The fourth-order valence-corrected chi connectivity index (χ4v) is 2.87. The van der Waals surface area contributed by atoms with E-state index < -0.39 is 0 Å². The van der Waals surface area contributed by atoms with E-state index in [0.717, 1.165) is 11.6 Å². The third kappa shape index (κ3) is 4.08. The molecule has 1 aromatic rings. The lowest BCUT2D eigenvalue weighted by Gasteiger charge is -2.35. The van der Waals surface area contributed by atoms with Gasteiger partial charge in [-0.2, -0.15) is 4.98 Å². The molecule has 0 bridgehead atoms. The third-order valence-corrected chi connectivity index (χ3v) is 3.66. The fourth-order valence-electron chi connectivity index (χ4n) is 2.87. The molecule has 0 aromatic carbocycles. The van der Waals surface area contributed by atoms with E-state index in [0.29, 0.717) is 23.9 Å². The van der Waals surface area contributed by atoms with Crippen LogP contribution in [0.25, 0.3) is 0 Å². The largest absolute Gasteiger partial charge is 0.478 e. The number of aromatic nitrogens is 2. The summed E-state index contributed by atoms with van der Waals surface area (Å²) in [5.41, 5.74) is 0.431. The van der Waals surface area contributed by atoms with Crippen LogP contribution in [0.3, 0.4) is 0 Å². The zero-order valence-electron chi connectivity index (χ0n) is 12.5. The smallest absolute Gasteiger partial charge is 0.218 e. The Kier molecular flexibility index (Phi) is 4.27. The Balaban J connectivity index is 2.06. The molecule has 19 heavy (non-hydrogen) atoms. The van der Waals surface area contributed by atoms with E-state index in [2.05, 4.69) is 29.1 Å². The van der Waals surface area contributed by atoms with Crippen LogP contribution >= 0.6 is 0 Å². The van der Waals surface area contributed by atoms with Crippen LogP contribution in [0.1, 0.15) is 52.3 Å². The molecule has 1 atom stereocenters. The third-order valence-electron chi connectivity index (χ3n) is 3.66. The molecule has 1 heterocycles. The van der Waals surface area contributed by atoms with Crippen LogP contribution in [0.5, 0.6) is 5.88 Å². The van der Waals surface area contributed by atoms with Crippen molar-refractivity contribution in [1.29, 1.82) is 0 Å². The number of nitrogens with one attached hydrogen (secondary N) is 1. The van der Waals surface area contributed by atoms with Gasteiger partial charge in [-0.1, -0.05) is 20.3 Å². The van der Waals surface area contributed by atoms with E-state index in [4.69, 9.17) is 4.74 Å². The van der Waals surface area contributed by atoms with Crippen molar-refractivity contribution >= 4 is 5.82 Å². The standard InChI is InChI=1S/C15H25N3O/c1-5-19-14-9-13(16-11(2)17-14)18-12-7-6-8-15(3,4)10-12/h9,12H,5-8,10H2,1-4H3,(H,16,17,18). The Bertz CT molecular complexity index is 431. The van der Waals surface area contributed by atoms with Gasteiger partial charge in [-0.25, -0.2) is 4.98 Å². The van der Waals surface area contributed by atoms with Crippen molar-refractivity contribution < 1.29 is 4.74 Å². The monoisotopic (exact) mass is 263 g/mol. The van der Waals surface area contributed by atoms with Crippen LogP contribution in [0.4, 0.5) is 5.82 Å². The van der Waals surface area contributed by atoms with Crippen LogP contribution in [0.15, 0.2) is 6.07 Å². The topological polar surface area (TPSA) is 47.0 Å². The Morgan fingerprint density at radius 1 is 1.42 bits per heavy atom. The summed E-state index contributed by atoms with van der Waals surface area (Å²) >= 11 is 0. The lowest BCUT2D eigenvalue weighted by Crippen LogP contribution is -2.32. The second-order valence-electron chi connectivity index (χ2n) is 6.17. The fraction of sp³-hybridized carbons (Fsp3) is 0.733. The summed E-state index contributed by atoms with van der Waals surface area (Å²) in [5, 5.41) is 3.54. The maximum atomic E-state index is 5.47. The highest BCUT2D eigenvalue weighted by Gasteiger charge is 2.28. The summed E-state index contributed by atoms with van der Waals surface area (Å²) in [7, 11) is 0. The van der Waals surface area contributed by atoms with E-state index in [-0.39, 0.29) is 0 Å². The molecular weight excluding hydrogens is 238 g/mol. The summed E-state index contributed by atoms with van der Waals surface area (Å²) in [5.74, 6) is 2.30. The quantitative estimate of drug-likeness (QED) is 0.902. The molecule has 0 saturated heterocycles. The minimum atomic E-state index is 0.431. The number of hydrogen-bond acceptors (Lipinski definition) is 4. The van der Waals surface area contributed by atoms with Gasteiger partial charge in [0.15, 0.2) is 0 Å². The molecule has 1 aromatic heterocycles. The second kappa shape index (κ2) is 5.76. The van der Waals surface area contributed by atoms with Crippen molar-refractivity contribution in [2.45, 2.75) is 59.4 Å². The number of ether oxygens (including phenoxy) is 1. The molecule has 1 aliphatic carbocycles. The summed E-state index contributed by atoms with van der Waals surface area (Å²) in [6.45, 7) is 9.19. The number of hydrogen-bond donors (Lipinski definition) is 1. The minimum absolute atomic E-state index is 0.431. The Morgan fingerprint density at radius 3 is 2.89 bits per heavy atom. The highest BCUT2D eigenvalue weighted by molar-refractivity contribution is 5.39. The molecule has 1 unspecified atom stereocenters. The zero-order chi connectivity index (χ0) is 13.9. The van der Waals surface area contributed by atoms with E-state index in [9.17, 15) is 0 Å². The Labute approximate surface area is 116 Å². The van der Waals surface area contributed by atoms with Crippen LogP contribution in [-0.4, -0.2) is 22.6 Å². The average molecular weight is 263 g/mol. The first kappa shape index (κ1) is 14.1. The predicted octanol–water partition coefficient (Wildman–Crippen LogP) is 3.56. The van der Waals surface area contributed by atoms with Gasteiger partial charge in [0.25, 0.3) is 0 Å². The maximum Gasteiger partial charge on any atom is 0.218 e. The molecular formula is C15H25N3O. The summed E-state index contributed by atoms with van der Waals surface area (Å²) < 4.78 is 5.47. The molecule has 4 nitrogen and oxygen atoms in total. The molecule has 0 amide bonds. The molecule has 1 aliphatic rings. The van der Waals surface area contributed by atoms with Gasteiger partial charge in [0.2, 0.25) is 5.88 Å². The van der Waals surface area contributed by atoms with E-state index in [1.165, 1.54) is 25.7 Å². The molecule has 4 heteroatoms. The minimum Gasteiger partial charge on any atom is -0.478 e. The predicted molar refractivity (Wildman–Crippen MR) is 77.6 cm³/mol. The van der Waals surface area contributed by atoms with Crippen molar-refractivity contribution in [3.8, 4) is 5.88 Å². The second-order valence-corrected chi connectivity index (χ2v) is 6.17. The Hall–Kier alpha value is -1.32. The number of aryl methyl sites for hydroxylation is 1. The molecule has 1 saturated carbocycles. The SMILES string of the molecule is CCOc1cc(NC2CCCC(C)(C)C2)nc(C)n1. The van der Waals surface area contributed by atoms with Crippen LogP contribution in [-0.2, 0) is 0 Å². The molecule has 0 aliphatic heterocycles. The van der Waals surface area contributed by atoms with Gasteiger partial charge in [0, 0.05) is 12.1 Å². The molecule has 1 N–H and O–H groups in total. The van der Waals surface area contributed by atoms with Crippen molar-refractivity contribution in [1.82, 2.24) is 9.97 Å². The van der Waals surface area contributed by atoms with Gasteiger partial charge in [-0.15, -0.1) is 0 Å². The van der Waals surface area contributed by atoms with Crippen LogP contribution in [0.2, 0.25) is 0 Å². The van der Waals surface area contributed by atoms with Gasteiger partial charge in [0.05, 0.1) is 6.61 Å². The first-order valence-corrected chi connectivity index (χ1v) is 7.23. The van der Waals surface area contributed by atoms with E-state index >= 15 is 0 Å². The summed E-state index contributed by atoms with van der Waals surface area (Å²) in [6, 6.07) is 2.41. The highest BCUT2D eigenvalue weighted by atomic mass is 16.5. The molecule has 2 rings (SSSR count). The Morgan fingerprint density at radius 2 is 2.21 bits per heavy atom. The molecule has 0 radical (unpaired) electrons. The lowest BCUT2D eigenvalue weighted by molar-refractivity contribution is 0.229. The molecule has 0 spiro atoms. The number of nitrogens with zero attached hydrogens (tertiary/aromatic N) is 2. The molecule has 1 fully saturated rings. The van der Waals surface area contributed by atoms with Gasteiger partial charge in [-0.05, 0) is 38.5 Å². The summed E-state index contributed by atoms with van der Waals surface area (Å²) in [6.07, 6.45) is 5.02. The van der Waals surface area contributed by atoms with Crippen LogP contribution in [0, 0.1) is 12.3 Å². The van der Waals surface area contributed by atoms with Crippen molar-refractivity contribution in [3.05, 3.63) is 11.9 Å². The average Bonchev–Trinajstić information content (AvgIpc) is 2.26. The van der Waals surface area contributed by atoms with Gasteiger partial charge in [0.1, 0.15) is 11.6 Å². The first-order chi connectivity index (χ1) is 8.98. The lowest BCUT2D eigenvalue weighted by atomic mass is 9.75. The number of rotatable bonds is 4. The van der Waals surface area contributed by atoms with E-state index in [1.54, 1.807) is 0 Å². The van der Waals surface area contributed by atoms with Gasteiger partial charge >= 0.3 is 0 Å². The van der Waals surface area contributed by atoms with Crippen molar-refractivity contribution in [2.75, 3.05) is 11.9 Å². The number of anilines is 1. The molecule has 106 valence electrons. The first-order valence-electron chi connectivity index (χ1n) is 7.23. The van der Waals surface area contributed by atoms with Crippen molar-refractivity contribution in [2.24, 2.45) is 5.41 Å². The van der Waals surface area contributed by atoms with Crippen LogP contribution < -0.4 is 10.1 Å². The highest BCUT2D eigenvalue weighted by Crippen LogP contribution is 2.36. The zero-order valence-corrected chi connectivity index (χ0v) is 12.5. The normalized spacial score (nSPS) is 22.0.